The van der Waals surface area contributed by atoms with Crippen LogP contribution in [0.25, 0.3) is 6.08 Å². The fourth-order valence-electron chi connectivity index (χ4n) is 2.79. The van der Waals surface area contributed by atoms with Crippen molar-refractivity contribution >= 4 is 26.1 Å². The molecule has 0 saturated carbocycles. The minimum absolute atomic E-state index is 0.0355. The Morgan fingerprint density at radius 2 is 1.84 bits per heavy atom. The number of nitrogens with one attached hydrogen (secondary N) is 1. The number of rotatable bonds is 14. The summed E-state index contributed by atoms with van der Waals surface area (Å²) in [6.07, 6.45) is 7.83. The van der Waals surface area contributed by atoms with Gasteiger partial charge in [0.15, 0.2) is 14.1 Å². The molecule has 1 N–H and O–H groups in total. The van der Waals surface area contributed by atoms with Crippen LogP contribution in [0.15, 0.2) is 30.3 Å². The van der Waals surface area contributed by atoms with Gasteiger partial charge in [-0.15, -0.1) is 0 Å². The summed E-state index contributed by atoms with van der Waals surface area (Å²) in [5, 5.41) is 2.69. The Morgan fingerprint density at radius 3 is 2.47 bits per heavy atom. The zero-order valence-corrected chi connectivity index (χ0v) is 22.1. The summed E-state index contributed by atoms with van der Waals surface area (Å²) in [4.78, 5) is 24.3. The molecule has 32 heavy (non-hydrogen) atoms. The molecule has 0 bridgehead atoms. The van der Waals surface area contributed by atoms with Crippen molar-refractivity contribution in [1.29, 1.82) is 0 Å². The molecule has 0 aliphatic heterocycles. The fraction of sp³-hybridized carbons (Fsp3) is 0.615. The lowest BCUT2D eigenvalue weighted by Crippen LogP contribution is -2.43. The SMILES string of the molecule is CCCCC(CC)COc1ccccc1C=CC(=O)NCC(=O)CO[Si](C)(C)C(C)(C)C. The second-order valence-electron chi connectivity index (χ2n) is 9.90. The largest absolute Gasteiger partial charge is 0.493 e. The molecule has 1 amide bonds. The highest BCUT2D eigenvalue weighted by molar-refractivity contribution is 6.74. The fourth-order valence-corrected chi connectivity index (χ4v) is 3.75. The zero-order chi connectivity index (χ0) is 24.2. The van der Waals surface area contributed by atoms with Gasteiger partial charge in [0.05, 0.1) is 19.8 Å². The predicted molar refractivity (Wildman–Crippen MR) is 135 cm³/mol. The molecule has 0 heterocycles. The lowest BCUT2D eigenvalue weighted by Gasteiger charge is -2.35. The maximum Gasteiger partial charge on any atom is 0.244 e. The standard InChI is InChI=1S/C26H43NO4Si/c1-8-10-13-21(9-2)19-30-24-15-12-11-14-22(24)16-17-25(29)27-18-23(28)20-31-32(6,7)26(3,4)5/h11-12,14-17,21H,8-10,13,18-20H2,1-7H3,(H,27,29). The van der Waals surface area contributed by atoms with Gasteiger partial charge in [0.1, 0.15) is 5.75 Å². The van der Waals surface area contributed by atoms with Crippen molar-refractivity contribution < 1.29 is 18.8 Å². The number of benzene rings is 1. The van der Waals surface area contributed by atoms with Gasteiger partial charge in [-0.3, -0.25) is 9.59 Å². The third kappa shape index (κ3) is 10.1. The lowest BCUT2D eigenvalue weighted by molar-refractivity contribution is -0.124. The van der Waals surface area contributed by atoms with Gasteiger partial charge < -0.3 is 14.5 Å². The van der Waals surface area contributed by atoms with Crippen LogP contribution in [0.3, 0.4) is 0 Å². The van der Waals surface area contributed by atoms with E-state index in [1.807, 2.05) is 24.3 Å². The van der Waals surface area contributed by atoms with E-state index in [2.05, 4.69) is 53.0 Å². The summed E-state index contributed by atoms with van der Waals surface area (Å²) in [7, 11) is -1.98. The second-order valence-corrected chi connectivity index (χ2v) is 14.7. The Hall–Kier alpha value is -1.92. The first kappa shape index (κ1) is 28.1. The van der Waals surface area contributed by atoms with E-state index in [1.54, 1.807) is 6.08 Å². The maximum absolute atomic E-state index is 12.2. The highest BCUT2D eigenvalue weighted by atomic mass is 28.4. The molecular weight excluding hydrogens is 418 g/mol. The smallest absolute Gasteiger partial charge is 0.244 e. The minimum atomic E-state index is -1.98. The number of unbranched alkanes of at least 4 members (excludes halogenated alkanes) is 1. The van der Waals surface area contributed by atoms with Crippen molar-refractivity contribution in [2.75, 3.05) is 19.8 Å². The third-order valence-electron chi connectivity index (χ3n) is 6.21. The van der Waals surface area contributed by atoms with Gasteiger partial charge in [-0.25, -0.2) is 0 Å². The van der Waals surface area contributed by atoms with Crippen LogP contribution in [0.4, 0.5) is 0 Å². The number of hydrogen-bond donors (Lipinski definition) is 1. The van der Waals surface area contributed by atoms with Crippen molar-refractivity contribution in [2.24, 2.45) is 5.92 Å². The number of ketones is 1. The Kier molecular flexibility index (Phi) is 11.9. The van der Waals surface area contributed by atoms with Crippen molar-refractivity contribution in [3.8, 4) is 5.75 Å². The Morgan fingerprint density at radius 1 is 1.16 bits per heavy atom. The number of carbonyl (C=O) groups excluding carboxylic acids is 2. The van der Waals surface area contributed by atoms with E-state index >= 15 is 0 Å². The van der Waals surface area contributed by atoms with Crippen LogP contribution < -0.4 is 10.1 Å². The Bertz CT molecular complexity index is 752. The first-order chi connectivity index (χ1) is 15.0. The number of Topliss-reactive ketones (excluding diaryl/α,β-unsaturated/α-hetero) is 1. The van der Waals surface area contributed by atoms with Gasteiger partial charge in [0.2, 0.25) is 5.91 Å². The molecule has 1 rings (SSSR count). The highest BCUT2D eigenvalue weighted by Gasteiger charge is 2.37. The number of para-hydroxylation sites is 1. The first-order valence-electron chi connectivity index (χ1n) is 11.8. The van der Waals surface area contributed by atoms with E-state index in [0.29, 0.717) is 12.5 Å². The molecule has 1 atom stereocenters. The van der Waals surface area contributed by atoms with Crippen LogP contribution in [0.2, 0.25) is 18.1 Å². The molecule has 1 aromatic rings. The van der Waals surface area contributed by atoms with E-state index in [0.717, 1.165) is 17.7 Å². The molecule has 0 radical (unpaired) electrons. The molecule has 1 unspecified atom stereocenters. The van der Waals surface area contributed by atoms with Crippen LogP contribution in [-0.2, 0) is 14.0 Å². The Balaban J connectivity index is 2.55. The van der Waals surface area contributed by atoms with Crippen LogP contribution in [0.1, 0.15) is 65.9 Å². The Labute approximate surface area is 196 Å². The monoisotopic (exact) mass is 461 g/mol. The highest BCUT2D eigenvalue weighted by Crippen LogP contribution is 2.36. The minimum Gasteiger partial charge on any atom is -0.493 e. The summed E-state index contributed by atoms with van der Waals surface area (Å²) in [5.74, 6) is 0.869. The number of hydrogen-bond acceptors (Lipinski definition) is 4. The topological polar surface area (TPSA) is 64.6 Å². The van der Waals surface area contributed by atoms with Gasteiger partial charge in [0.25, 0.3) is 0 Å². The van der Waals surface area contributed by atoms with Crippen LogP contribution in [0, 0.1) is 5.92 Å². The van der Waals surface area contributed by atoms with Crippen molar-refractivity contribution in [3.63, 3.8) is 0 Å². The van der Waals surface area contributed by atoms with Gasteiger partial charge in [-0.2, -0.15) is 0 Å². The summed E-state index contributed by atoms with van der Waals surface area (Å²) < 4.78 is 12.0. The average Bonchev–Trinajstić information content (AvgIpc) is 2.74. The lowest BCUT2D eigenvalue weighted by atomic mass is 10.0. The molecule has 1 aromatic carbocycles. The maximum atomic E-state index is 12.2. The molecular formula is C26H43NO4Si. The summed E-state index contributed by atoms with van der Waals surface area (Å²) in [6.45, 7) is 15.7. The van der Waals surface area contributed by atoms with Gasteiger partial charge in [0, 0.05) is 11.6 Å². The van der Waals surface area contributed by atoms with E-state index in [1.165, 1.54) is 25.3 Å². The van der Waals surface area contributed by atoms with E-state index in [4.69, 9.17) is 9.16 Å². The molecule has 6 heteroatoms. The summed E-state index contributed by atoms with van der Waals surface area (Å²) in [6, 6.07) is 7.69. The van der Waals surface area contributed by atoms with Crippen molar-refractivity contribution in [1.82, 2.24) is 5.32 Å². The number of ether oxygens (including phenoxy) is 1. The van der Waals surface area contributed by atoms with Gasteiger partial charge >= 0.3 is 0 Å². The number of amides is 1. The number of carbonyl (C=O) groups is 2. The van der Waals surface area contributed by atoms with Crippen LogP contribution >= 0.6 is 0 Å². The average molecular weight is 462 g/mol. The summed E-state index contributed by atoms with van der Waals surface area (Å²) >= 11 is 0. The van der Waals surface area contributed by atoms with Crippen molar-refractivity contribution in [3.05, 3.63) is 35.9 Å². The molecule has 180 valence electrons. The predicted octanol–water partition coefficient (Wildman–Crippen LogP) is 6.00. The van der Waals surface area contributed by atoms with Gasteiger partial charge in [-0.1, -0.05) is 72.1 Å². The third-order valence-corrected chi connectivity index (χ3v) is 10.7. The van der Waals surface area contributed by atoms with Crippen molar-refractivity contribution in [2.45, 2.75) is 78.4 Å². The van der Waals surface area contributed by atoms with E-state index in [-0.39, 0.29) is 29.9 Å². The first-order valence-corrected chi connectivity index (χ1v) is 14.7. The molecule has 5 nitrogen and oxygen atoms in total. The van der Waals surface area contributed by atoms with E-state index in [9.17, 15) is 9.59 Å². The molecule has 0 saturated heterocycles. The summed E-state index contributed by atoms with van der Waals surface area (Å²) in [5.41, 5.74) is 0.848. The molecule has 0 spiro atoms. The molecule has 0 aliphatic rings. The normalized spacial score (nSPS) is 13.2. The van der Waals surface area contributed by atoms with Gasteiger partial charge in [-0.05, 0) is 42.6 Å². The molecule has 0 fully saturated rings. The quantitative estimate of drug-likeness (QED) is 0.272. The molecule has 0 aliphatic carbocycles. The van der Waals surface area contributed by atoms with E-state index < -0.39 is 8.32 Å². The second kappa shape index (κ2) is 13.6. The van der Waals surface area contributed by atoms with Crippen LogP contribution in [-0.4, -0.2) is 39.8 Å². The van der Waals surface area contributed by atoms with Crippen LogP contribution in [0.5, 0.6) is 5.75 Å². The zero-order valence-electron chi connectivity index (χ0n) is 21.1. The molecule has 0 aromatic heterocycles.